The lowest BCUT2D eigenvalue weighted by Crippen LogP contribution is -2.50. The number of nitrogens with zero attached hydrogens (tertiary/aromatic N) is 1. The molecule has 2 rings (SSSR count). The molecule has 0 aromatic heterocycles. The molecule has 1 saturated carbocycles. The third kappa shape index (κ3) is 2.96. The van der Waals surface area contributed by atoms with Crippen molar-refractivity contribution in [2.45, 2.75) is 38.6 Å². The minimum Gasteiger partial charge on any atom is -0.311 e. The Morgan fingerprint density at radius 2 is 2.23 bits per heavy atom. The predicted octanol–water partition coefficient (Wildman–Crippen LogP) is 1.47. The minimum absolute atomic E-state index is 0.775. The second kappa shape index (κ2) is 4.43. The van der Waals surface area contributed by atoms with E-state index in [9.17, 15) is 0 Å². The van der Waals surface area contributed by atoms with Crippen LogP contribution in [0.15, 0.2) is 0 Å². The molecule has 0 amide bonds. The molecule has 1 saturated heterocycles. The summed E-state index contributed by atoms with van der Waals surface area (Å²) in [6, 6.07) is 0.775. The van der Waals surface area contributed by atoms with Crippen LogP contribution in [0, 0.1) is 5.92 Å². The Hall–Kier alpha value is -0.0800. The summed E-state index contributed by atoms with van der Waals surface area (Å²) >= 11 is 0. The molecule has 2 nitrogen and oxygen atoms in total. The van der Waals surface area contributed by atoms with Crippen molar-refractivity contribution < 1.29 is 0 Å². The van der Waals surface area contributed by atoms with E-state index in [2.05, 4.69) is 17.1 Å². The molecule has 13 heavy (non-hydrogen) atoms. The first-order valence-electron chi connectivity index (χ1n) is 5.84. The van der Waals surface area contributed by atoms with E-state index in [-0.39, 0.29) is 0 Å². The monoisotopic (exact) mass is 182 g/mol. The maximum atomic E-state index is 3.60. The molecule has 1 N–H and O–H groups in total. The molecule has 0 bridgehead atoms. The third-order valence-electron chi connectivity index (χ3n) is 3.19. The molecule has 0 aromatic carbocycles. The summed E-state index contributed by atoms with van der Waals surface area (Å²) in [5.74, 6) is 1.06. The molecule has 1 heterocycles. The van der Waals surface area contributed by atoms with Crippen LogP contribution >= 0.6 is 0 Å². The maximum Gasteiger partial charge on any atom is 0.0195 e. The van der Waals surface area contributed by atoms with Gasteiger partial charge in [-0.05, 0) is 25.2 Å². The minimum atomic E-state index is 0.775. The molecule has 1 unspecified atom stereocenters. The lowest BCUT2D eigenvalue weighted by Gasteiger charge is -2.33. The largest absolute Gasteiger partial charge is 0.311 e. The molecule has 1 aliphatic heterocycles. The Bertz CT molecular complexity index is 152. The van der Waals surface area contributed by atoms with Crippen LogP contribution in [0.5, 0.6) is 0 Å². The van der Waals surface area contributed by atoms with E-state index in [1.54, 1.807) is 0 Å². The Labute approximate surface area is 81.7 Å². The van der Waals surface area contributed by atoms with Crippen LogP contribution in [-0.4, -0.2) is 37.1 Å². The van der Waals surface area contributed by atoms with Gasteiger partial charge < -0.3 is 10.2 Å². The van der Waals surface area contributed by atoms with E-state index in [4.69, 9.17) is 0 Å². The highest BCUT2D eigenvalue weighted by Gasteiger charge is 2.26. The van der Waals surface area contributed by atoms with Crippen LogP contribution in [0.25, 0.3) is 0 Å². The summed E-state index contributed by atoms with van der Waals surface area (Å²) in [6.07, 6.45) is 5.64. The first kappa shape index (κ1) is 9.47. The summed E-state index contributed by atoms with van der Waals surface area (Å²) in [6.45, 7) is 7.43. The quantitative estimate of drug-likeness (QED) is 0.708. The lowest BCUT2D eigenvalue weighted by molar-refractivity contribution is 0.187. The first-order valence-corrected chi connectivity index (χ1v) is 5.84. The van der Waals surface area contributed by atoms with Gasteiger partial charge in [0, 0.05) is 32.2 Å². The average Bonchev–Trinajstić information content (AvgIpc) is 2.90. The van der Waals surface area contributed by atoms with Crippen LogP contribution in [0.4, 0.5) is 0 Å². The Kier molecular flexibility index (Phi) is 3.23. The van der Waals surface area contributed by atoms with Crippen molar-refractivity contribution in [1.29, 1.82) is 0 Å². The molecule has 0 spiro atoms. The van der Waals surface area contributed by atoms with Crippen molar-refractivity contribution in [3.63, 3.8) is 0 Å². The summed E-state index contributed by atoms with van der Waals surface area (Å²) in [5.41, 5.74) is 0. The van der Waals surface area contributed by atoms with Crippen molar-refractivity contribution in [1.82, 2.24) is 10.2 Å². The van der Waals surface area contributed by atoms with Crippen molar-refractivity contribution in [3.8, 4) is 0 Å². The highest BCUT2D eigenvalue weighted by molar-refractivity contribution is 4.83. The Morgan fingerprint density at radius 3 is 2.92 bits per heavy atom. The zero-order chi connectivity index (χ0) is 9.10. The molecule has 76 valence electrons. The SMILES string of the molecule is CCCC1CN(CC2CC2)CCN1. The Balaban J connectivity index is 1.70. The molecule has 2 fully saturated rings. The smallest absolute Gasteiger partial charge is 0.0195 e. The van der Waals surface area contributed by atoms with Crippen LogP contribution in [0.3, 0.4) is 0 Å². The van der Waals surface area contributed by atoms with Gasteiger partial charge in [0.1, 0.15) is 0 Å². The normalized spacial score (nSPS) is 30.7. The van der Waals surface area contributed by atoms with Crippen LogP contribution in [-0.2, 0) is 0 Å². The number of piperazine rings is 1. The first-order chi connectivity index (χ1) is 6.38. The fourth-order valence-electron chi connectivity index (χ4n) is 2.27. The number of hydrogen-bond donors (Lipinski definition) is 1. The topological polar surface area (TPSA) is 15.3 Å². The van der Waals surface area contributed by atoms with Crippen molar-refractivity contribution in [3.05, 3.63) is 0 Å². The number of rotatable bonds is 4. The van der Waals surface area contributed by atoms with Crippen LogP contribution in [0.1, 0.15) is 32.6 Å². The molecule has 2 aliphatic rings. The lowest BCUT2D eigenvalue weighted by atomic mass is 10.1. The van der Waals surface area contributed by atoms with Crippen molar-refractivity contribution in [2.24, 2.45) is 5.92 Å². The van der Waals surface area contributed by atoms with Gasteiger partial charge in [-0.2, -0.15) is 0 Å². The van der Waals surface area contributed by atoms with Gasteiger partial charge in [-0.1, -0.05) is 13.3 Å². The fraction of sp³-hybridized carbons (Fsp3) is 1.00. The fourth-order valence-corrected chi connectivity index (χ4v) is 2.27. The van der Waals surface area contributed by atoms with Crippen molar-refractivity contribution in [2.75, 3.05) is 26.2 Å². The van der Waals surface area contributed by atoms with Gasteiger partial charge in [-0.25, -0.2) is 0 Å². The van der Waals surface area contributed by atoms with Gasteiger partial charge in [0.05, 0.1) is 0 Å². The standard InChI is InChI=1S/C11H22N2/c1-2-3-11-9-13(7-6-12-11)8-10-4-5-10/h10-12H,2-9H2,1H3. The summed E-state index contributed by atoms with van der Waals surface area (Å²) in [5, 5.41) is 3.60. The maximum absolute atomic E-state index is 3.60. The van der Waals surface area contributed by atoms with Crippen molar-refractivity contribution >= 4 is 0 Å². The van der Waals surface area contributed by atoms with E-state index in [0.29, 0.717) is 0 Å². The molecule has 2 heteroatoms. The zero-order valence-electron chi connectivity index (χ0n) is 8.76. The van der Waals surface area contributed by atoms with Gasteiger partial charge in [0.15, 0.2) is 0 Å². The van der Waals surface area contributed by atoms with Gasteiger partial charge >= 0.3 is 0 Å². The molecular formula is C11H22N2. The van der Waals surface area contributed by atoms with E-state index >= 15 is 0 Å². The molecule has 1 atom stereocenters. The summed E-state index contributed by atoms with van der Waals surface area (Å²) < 4.78 is 0. The predicted molar refractivity (Wildman–Crippen MR) is 55.9 cm³/mol. The second-order valence-corrected chi connectivity index (χ2v) is 4.64. The summed E-state index contributed by atoms with van der Waals surface area (Å²) in [4.78, 5) is 2.66. The van der Waals surface area contributed by atoms with E-state index < -0.39 is 0 Å². The van der Waals surface area contributed by atoms with Gasteiger partial charge in [0.25, 0.3) is 0 Å². The molecule has 1 aliphatic carbocycles. The van der Waals surface area contributed by atoms with Gasteiger partial charge in [-0.3, -0.25) is 0 Å². The summed E-state index contributed by atoms with van der Waals surface area (Å²) in [7, 11) is 0. The molecular weight excluding hydrogens is 160 g/mol. The molecule has 0 radical (unpaired) electrons. The number of hydrogen-bond acceptors (Lipinski definition) is 2. The average molecular weight is 182 g/mol. The van der Waals surface area contributed by atoms with Gasteiger partial charge in [0.2, 0.25) is 0 Å². The third-order valence-corrected chi connectivity index (χ3v) is 3.19. The van der Waals surface area contributed by atoms with Crippen LogP contribution in [0.2, 0.25) is 0 Å². The zero-order valence-corrected chi connectivity index (χ0v) is 8.76. The van der Waals surface area contributed by atoms with E-state index in [0.717, 1.165) is 12.0 Å². The number of nitrogens with one attached hydrogen (secondary N) is 1. The van der Waals surface area contributed by atoms with Gasteiger partial charge in [-0.15, -0.1) is 0 Å². The second-order valence-electron chi connectivity index (χ2n) is 4.64. The highest BCUT2D eigenvalue weighted by Crippen LogP contribution is 2.29. The van der Waals surface area contributed by atoms with E-state index in [1.807, 2.05) is 0 Å². The van der Waals surface area contributed by atoms with Crippen LogP contribution < -0.4 is 5.32 Å². The molecule has 0 aromatic rings. The Morgan fingerprint density at radius 1 is 1.38 bits per heavy atom. The highest BCUT2D eigenvalue weighted by atomic mass is 15.2. The van der Waals surface area contributed by atoms with E-state index in [1.165, 1.54) is 51.9 Å².